The Labute approximate surface area is 136 Å². The normalized spacial score (nSPS) is 14.1. The third-order valence-electron chi connectivity index (χ3n) is 3.41. The monoisotopic (exact) mass is 380 g/mol. The Bertz CT molecular complexity index is 832. The first-order valence-electron chi connectivity index (χ1n) is 6.65. The lowest BCUT2D eigenvalue weighted by atomic mass is 10.00. The van der Waals surface area contributed by atoms with Gasteiger partial charge >= 0.3 is 0 Å². The van der Waals surface area contributed by atoms with Gasteiger partial charge in [0.25, 0.3) is 15.9 Å². The van der Waals surface area contributed by atoms with Crippen LogP contribution in [0.5, 0.6) is 0 Å². The molecule has 0 atom stereocenters. The number of benzene rings is 2. The van der Waals surface area contributed by atoms with Gasteiger partial charge in [-0.15, -0.1) is 0 Å². The SMILES string of the molecule is O=C1NCCc2ccc(NS(=O)(=O)c3ccc(Br)cc3)cc21. The molecule has 2 N–H and O–H groups in total. The van der Waals surface area contributed by atoms with Crippen LogP contribution in [0.25, 0.3) is 0 Å². The van der Waals surface area contributed by atoms with E-state index in [1.54, 1.807) is 30.3 Å². The topological polar surface area (TPSA) is 75.3 Å². The summed E-state index contributed by atoms with van der Waals surface area (Å²) in [6, 6.07) is 11.4. The lowest BCUT2D eigenvalue weighted by Gasteiger charge is -2.17. The lowest BCUT2D eigenvalue weighted by molar-refractivity contribution is 0.0946. The number of anilines is 1. The highest BCUT2D eigenvalue weighted by Gasteiger charge is 2.19. The van der Waals surface area contributed by atoms with E-state index in [1.807, 2.05) is 0 Å². The summed E-state index contributed by atoms with van der Waals surface area (Å²) >= 11 is 3.27. The van der Waals surface area contributed by atoms with Crippen LogP contribution in [0.3, 0.4) is 0 Å². The van der Waals surface area contributed by atoms with Gasteiger partial charge in [0.15, 0.2) is 0 Å². The maximum Gasteiger partial charge on any atom is 0.261 e. The highest BCUT2D eigenvalue weighted by atomic mass is 79.9. The van der Waals surface area contributed by atoms with Crippen LogP contribution < -0.4 is 10.0 Å². The average molecular weight is 381 g/mol. The first kappa shape index (κ1) is 15.1. The minimum absolute atomic E-state index is 0.165. The summed E-state index contributed by atoms with van der Waals surface area (Å²) in [4.78, 5) is 12.0. The van der Waals surface area contributed by atoms with Gasteiger partial charge in [-0.1, -0.05) is 22.0 Å². The molecule has 22 heavy (non-hydrogen) atoms. The Hall–Kier alpha value is -1.86. The number of carbonyl (C=O) groups excluding carboxylic acids is 1. The van der Waals surface area contributed by atoms with Crippen molar-refractivity contribution in [3.05, 3.63) is 58.1 Å². The van der Waals surface area contributed by atoms with E-state index in [-0.39, 0.29) is 10.8 Å². The van der Waals surface area contributed by atoms with E-state index in [1.165, 1.54) is 12.1 Å². The van der Waals surface area contributed by atoms with Crippen molar-refractivity contribution >= 4 is 37.5 Å². The third-order valence-corrected chi connectivity index (χ3v) is 5.34. The fourth-order valence-electron chi connectivity index (χ4n) is 2.30. The standard InChI is InChI=1S/C15H13BrN2O3S/c16-11-2-5-13(6-3-11)22(20,21)18-12-4-1-10-7-8-17-15(19)14(10)9-12/h1-6,9,18H,7-8H2,(H,17,19). The maximum absolute atomic E-state index is 12.3. The molecular formula is C15H13BrN2O3S. The lowest BCUT2D eigenvalue weighted by Crippen LogP contribution is -2.31. The highest BCUT2D eigenvalue weighted by Crippen LogP contribution is 2.22. The van der Waals surface area contributed by atoms with Crippen LogP contribution in [0.15, 0.2) is 51.8 Å². The summed E-state index contributed by atoms with van der Waals surface area (Å²) in [5, 5.41) is 2.74. The van der Waals surface area contributed by atoms with Gasteiger partial charge in [-0.3, -0.25) is 9.52 Å². The second-order valence-electron chi connectivity index (χ2n) is 4.94. The Morgan fingerprint density at radius 1 is 1.09 bits per heavy atom. The van der Waals surface area contributed by atoms with Gasteiger partial charge in [0, 0.05) is 22.3 Å². The van der Waals surface area contributed by atoms with E-state index in [0.717, 1.165) is 16.5 Å². The number of halogens is 1. The van der Waals surface area contributed by atoms with Gasteiger partial charge < -0.3 is 5.32 Å². The summed E-state index contributed by atoms with van der Waals surface area (Å²) < 4.78 is 28.0. The molecule has 0 radical (unpaired) electrons. The van der Waals surface area contributed by atoms with Crippen molar-refractivity contribution in [2.24, 2.45) is 0 Å². The predicted molar refractivity (Wildman–Crippen MR) is 87.4 cm³/mol. The molecule has 1 aliphatic heterocycles. The number of hydrogen-bond donors (Lipinski definition) is 2. The van der Waals surface area contributed by atoms with E-state index in [9.17, 15) is 13.2 Å². The summed E-state index contributed by atoms with van der Waals surface area (Å²) in [6.45, 7) is 0.607. The maximum atomic E-state index is 12.3. The zero-order valence-corrected chi connectivity index (χ0v) is 13.9. The molecule has 0 saturated carbocycles. The minimum atomic E-state index is -3.68. The molecular weight excluding hydrogens is 368 g/mol. The average Bonchev–Trinajstić information content (AvgIpc) is 2.48. The van der Waals surface area contributed by atoms with Crippen molar-refractivity contribution < 1.29 is 13.2 Å². The van der Waals surface area contributed by atoms with Crippen LogP contribution in [0.1, 0.15) is 15.9 Å². The number of fused-ring (bicyclic) bond motifs is 1. The molecule has 1 heterocycles. The largest absolute Gasteiger partial charge is 0.352 e. The van der Waals surface area contributed by atoms with Crippen molar-refractivity contribution in [3.8, 4) is 0 Å². The molecule has 3 rings (SSSR count). The molecule has 0 saturated heterocycles. The Kier molecular flexibility index (Phi) is 3.92. The summed E-state index contributed by atoms with van der Waals surface area (Å²) in [5.41, 5.74) is 1.82. The van der Waals surface area contributed by atoms with Crippen LogP contribution in [-0.4, -0.2) is 20.9 Å². The van der Waals surface area contributed by atoms with Crippen LogP contribution in [0, 0.1) is 0 Å². The quantitative estimate of drug-likeness (QED) is 0.858. The number of amides is 1. The number of nitrogens with one attached hydrogen (secondary N) is 2. The van der Waals surface area contributed by atoms with Gasteiger partial charge in [-0.25, -0.2) is 8.42 Å². The Balaban J connectivity index is 1.91. The van der Waals surface area contributed by atoms with Gasteiger partial charge in [-0.2, -0.15) is 0 Å². The number of sulfonamides is 1. The van der Waals surface area contributed by atoms with Crippen molar-refractivity contribution in [3.63, 3.8) is 0 Å². The molecule has 7 heteroatoms. The minimum Gasteiger partial charge on any atom is -0.352 e. The fourth-order valence-corrected chi connectivity index (χ4v) is 3.62. The molecule has 0 fully saturated rings. The van der Waals surface area contributed by atoms with E-state index < -0.39 is 10.0 Å². The first-order valence-corrected chi connectivity index (χ1v) is 8.93. The van der Waals surface area contributed by atoms with Crippen LogP contribution in [-0.2, 0) is 16.4 Å². The van der Waals surface area contributed by atoms with Gasteiger partial charge in [0.2, 0.25) is 0 Å². The predicted octanol–water partition coefficient (Wildman–Crippen LogP) is 2.54. The fraction of sp³-hybridized carbons (Fsp3) is 0.133. The molecule has 2 aromatic carbocycles. The van der Waals surface area contributed by atoms with E-state index in [2.05, 4.69) is 26.0 Å². The first-order chi connectivity index (χ1) is 10.5. The summed E-state index contributed by atoms with van der Waals surface area (Å²) in [6.07, 6.45) is 0.751. The molecule has 1 amide bonds. The zero-order valence-electron chi connectivity index (χ0n) is 11.5. The smallest absolute Gasteiger partial charge is 0.261 e. The van der Waals surface area contributed by atoms with E-state index in [0.29, 0.717) is 17.8 Å². The number of carbonyl (C=O) groups is 1. The van der Waals surface area contributed by atoms with E-state index in [4.69, 9.17) is 0 Å². The van der Waals surface area contributed by atoms with E-state index >= 15 is 0 Å². The molecule has 0 spiro atoms. The van der Waals surface area contributed by atoms with Crippen LogP contribution in [0.4, 0.5) is 5.69 Å². The zero-order chi connectivity index (χ0) is 15.7. The highest BCUT2D eigenvalue weighted by molar-refractivity contribution is 9.10. The van der Waals surface area contributed by atoms with Gasteiger partial charge in [0.1, 0.15) is 0 Å². The van der Waals surface area contributed by atoms with Crippen molar-refractivity contribution in [1.82, 2.24) is 5.32 Å². The molecule has 0 aromatic heterocycles. The molecule has 1 aliphatic rings. The Morgan fingerprint density at radius 2 is 1.82 bits per heavy atom. The summed E-state index contributed by atoms with van der Waals surface area (Å²) in [5.74, 6) is -0.175. The molecule has 114 valence electrons. The second kappa shape index (κ2) is 5.73. The van der Waals surface area contributed by atoms with Gasteiger partial charge in [0.05, 0.1) is 4.90 Å². The third kappa shape index (κ3) is 3.00. The second-order valence-corrected chi connectivity index (χ2v) is 7.54. The molecule has 2 aromatic rings. The molecule has 0 unspecified atom stereocenters. The number of rotatable bonds is 3. The summed E-state index contributed by atoms with van der Waals surface area (Å²) in [7, 11) is -3.68. The molecule has 0 bridgehead atoms. The molecule has 0 aliphatic carbocycles. The van der Waals surface area contributed by atoms with Crippen LogP contribution in [0.2, 0.25) is 0 Å². The number of hydrogen-bond acceptors (Lipinski definition) is 3. The molecule has 5 nitrogen and oxygen atoms in total. The van der Waals surface area contributed by atoms with Crippen molar-refractivity contribution in [2.75, 3.05) is 11.3 Å². The Morgan fingerprint density at radius 3 is 2.55 bits per heavy atom. The van der Waals surface area contributed by atoms with Gasteiger partial charge in [-0.05, 0) is 48.4 Å². The van der Waals surface area contributed by atoms with Crippen molar-refractivity contribution in [2.45, 2.75) is 11.3 Å². The van der Waals surface area contributed by atoms with Crippen LogP contribution >= 0.6 is 15.9 Å². The van der Waals surface area contributed by atoms with Crippen molar-refractivity contribution in [1.29, 1.82) is 0 Å².